The lowest BCUT2D eigenvalue weighted by Gasteiger charge is -2.33. The lowest BCUT2D eigenvalue weighted by Crippen LogP contribution is -2.50. The molecule has 17 heteroatoms. The van der Waals surface area contributed by atoms with Crippen LogP contribution in [-0.4, -0.2) is 104 Å². The van der Waals surface area contributed by atoms with Crippen molar-refractivity contribution in [1.29, 1.82) is 0 Å². The lowest BCUT2D eigenvalue weighted by atomic mass is 10.1. The van der Waals surface area contributed by atoms with Crippen molar-refractivity contribution in [3.63, 3.8) is 0 Å². The summed E-state index contributed by atoms with van der Waals surface area (Å²) in [5.41, 5.74) is -0.510. The number of nitrogens with one attached hydrogen (secondary N) is 2. The molecule has 3 amide bonds. The minimum Gasteiger partial charge on any atom is -0.475 e. The molecule has 2 aromatic rings. The molecular weight excluding hydrogens is 579 g/mol. The second-order valence-electron chi connectivity index (χ2n) is 10.5. The van der Waals surface area contributed by atoms with Gasteiger partial charge in [-0.25, -0.2) is 33.7 Å². The van der Waals surface area contributed by atoms with Gasteiger partial charge in [-0.05, 0) is 52.2 Å². The highest BCUT2D eigenvalue weighted by Crippen LogP contribution is 2.18. The number of carboxylic acids is 1. The lowest BCUT2D eigenvalue weighted by molar-refractivity contribution is -0.192. The molecule has 2 fully saturated rings. The summed E-state index contributed by atoms with van der Waals surface area (Å²) in [5.74, 6) is -1.77. The van der Waals surface area contributed by atoms with E-state index in [2.05, 4.69) is 25.5 Å². The van der Waals surface area contributed by atoms with Gasteiger partial charge in [0.05, 0.1) is 0 Å². The number of piperidine rings is 1. The first kappa shape index (κ1) is 34.6. The van der Waals surface area contributed by atoms with Gasteiger partial charge in [0.25, 0.3) is 0 Å². The largest absolute Gasteiger partial charge is 0.490 e. The Morgan fingerprint density at radius 3 is 2.02 bits per heavy atom. The number of carbonyl (C=O) groups excluding carboxylic acids is 2. The van der Waals surface area contributed by atoms with Gasteiger partial charge in [-0.15, -0.1) is 0 Å². The number of carbonyl (C=O) groups is 4. The first-order valence-corrected chi connectivity index (χ1v) is 13.3. The molecule has 0 aliphatic carbocycles. The number of carboxylic acid groups (broad SMARTS) is 2. The molecule has 2 aliphatic rings. The number of amides is 3. The number of pyridine rings is 1. The summed E-state index contributed by atoms with van der Waals surface area (Å²) in [5, 5.41) is 21.4. The summed E-state index contributed by atoms with van der Waals surface area (Å²) in [6.45, 7) is 8.38. The van der Waals surface area contributed by atoms with Gasteiger partial charge in [0, 0.05) is 56.9 Å². The van der Waals surface area contributed by atoms with E-state index >= 15 is 0 Å². The number of anilines is 1. The molecule has 0 unspecified atom stereocenters. The Kier molecular flexibility index (Phi) is 12.6. The normalized spacial score (nSPS) is 17.0. The van der Waals surface area contributed by atoms with Crippen molar-refractivity contribution in [1.82, 2.24) is 30.1 Å². The quantitative estimate of drug-likeness (QED) is 0.400. The molecule has 0 radical (unpaired) electrons. The first-order valence-electron chi connectivity index (χ1n) is 13.3. The Morgan fingerprint density at radius 2 is 1.56 bits per heavy atom. The van der Waals surface area contributed by atoms with Crippen molar-refractivity contribution in [3.8, 4) is 0 Å². The third kappa shape index (κ3) is 12.9. The third-order valence-electron chi connectivity index (χ3n) is 5.95. The molecule has 1 atom stereocenters. The molecule has 2 saturated heterocycles. The Bertz CT molecular complexity index is 1180. The van der Waals surface area contributed by atoms with Gasteiger partial charge >= 0.3 is 30.4 Å². The maximum Gasteiger partial charge on any atom is 0.490 e. The average molecular weight is 616 g/mol. The van der Waals surface area contributed by atoms with Crippen molar-refractivity contribution in [2.45, 2.75) is 63.9 Å². The summed E-state index contributed by atoms with van der Waals surface area (Å²) < 4.78 is 38.1. The van der Waals surface area contributed by atoms with E-state index in [1.54, 1.807) is 11.1 Å². The van der Waals surface area contributed by atoms with E-state index in [0.717, 1.165) is 42.7 Å². The van der Waals surface area contributed by atoms with Gasteiger partial charge in [-0.3, -0.25) is 0 Å². The van der Waals surface area contributed by atoms with Gasteiger partial charge in [0.15, 0.2) is 0 Å². The molecule has 2 aliphatic heterocycles. The minimum atomic E-state index is -5.08. The highest BCUT2D eigenvalue weighted by atomic mass is 19.4. The van der Waals surface area contributed by atoms with Gasteiger partial charge in [-0.2, -0.15) is 13.2 Å². The summed E-state index contributed by atoms with van der Waals surface area (Å²) in [6, 6.07) is 5.87. The SMILES string of the molecule is CC(C)(C)OC(=O)N1CC[C@@H](NC(=O)NC2CCN(c3ccccn3)CC2)C1.O=C(O)C(F)(F)F.O=C(O)n1ccnc1. The third-order valence-corrected chi connectivity index (χ3v) is 5.95. The predicted molar refractivity (Wildman–Crippen MR) is 147 cm³/mol. The average Bonchev–Trinajstić information content (AvgIpc) is 3.62. The van der Waals surface area contributed by atoms with Crippen LogP contribution in [0.25, 0.3) is 0 Å². The van der Waals surface area contributed by atoms with Crippen LogP contribution in [0.2, 0.25) is 0 Å². The van der Waals surface area contributed by atoms with Crippen molar-refractivity contribution < 1.29 is 47.3 Å². The topological polar surface area (TPSA) is 179 Å². The highest BCUT2D eigenvalue weighted by Gasteiger charge is 2.38. The molecule has 0 spiro atoms. The number of halogens is 3. The van der Waals surface area contributed by atoms with Crippen molar-refractivity contribution in [3.05, 3.63) is 43.1 Å². The molecule has 238 valence electrons. The Hall–Kier alpha value is -4.57. The van der Waals surface area contributed by atoms with Gasteiger partial charge < -0.3 is 35.4 Å². The summed E-state index contributed by atoms with van der Waals surface area (Å²) in [7, 11) is 0. The number of aliphatic carboxylic acids is 1. The monoisotopic (exact) mass is 615 g/mol. The molecule has 0 bridgehead atoms. The summed E-state index contributed by atoms with van der Waals surface area (Å²) in [6.07, 6.45) is 1.90. The zero-order valence-corrected chi connectivity index (χ0v) is 24.0. The molecule has 2 aromatic heterocycles. The van der Waals surface area contributed by atoms with E-state index in [-0.39, 0.29) is 24.2 Å². The van der Waals surface area contributed by atoms with Crippen LogP contribution in [0.3, 0.4) is 0 Å². The van der Waals surface area contributed by atoms with E-state index in [1.807, 2.05) is 39.0 Å². The Labute approximate surface area is 245 Å². The van der Waals surface area contributed by atoms with Crippen LogP contribution in [0.4, 0.5) is 33.4 Å². The van der Waals surface area contributed by atoms with Crippen LogP contribution >= 0.6 is 0 Å². The fraction of sp³-hybridized carbons (Fsp3) is 0.538. The van der Waals surface area contributed by atoms with Gasteiger partial charge in [-0.1, -0.05) is 6.07 Å². The number of hydrogen-bond acceptors (Lipinski definition) is 8. The van der Waals surface area contributed by atoms with E-state index in [4.69, 9.17) is 19.7 Å². The van der Waals surface area contributed by atoms with Crippen LogP contribution in [0.15, 0.2) is 43.1 Å². The smallest absolute Gasteiger partial charge is 0.475 e. The highest BCUT2D eigenvalue weighted by molar-refractivity contribution is 5.75. The molecule has 0 saturated carbocycles. The van der Waals surface area contributed by atoms with Gasteiger partial charge in [0.2, 0.25) is 0 Å². The number of nitrogens with zero attached hydrogens (tertiary/aromatic N) is 5. The van der Waals surface area contributed by atoms with E-state index in [9.17, 15) is 27.6 Å². The number of ether oxygens (including phenoxy) is 1. The molecule has 0 aromatic carbocycles. The van der Waals surface area contributed by atoms with Crippen LogP contribution in [-0.2, 0) is 9.53 Å². The molecular formula is C26H36F3N7O7. The summed E-state index contributed by atoms with van der Waals surface area (Å²) >= 11 is 0. The van der Waals surface area contributed by atoms with Crippen LogP contribution in [0.1, 0.15) is 40.0 Å². The molecule has 4 N–H and O–H groups in total. The minimum absolute atomic E-state index is 0.0406. The Morgan fingerprint density at radius 1 is 0.953 bits per heavy atom. The van der Waals surface area contributed by atoms with Crippen LogP contribution in [0.5, 0.6) is 0 Å². The van der Waals surface area contributed by atoms with E-state index in [1.165, 1.54) is 18.7 Å². The second kappa shape index (κ2) is 15.6. The number of alkyl halides is 3. The van der Waals surface area contributed by atoms with Crippen molar-refractivity contribution in [2.24, 2.45) is 0 Å². The number of imidazole rings is 1. The fourth-order valence-corrected chi connectivity index (χ4v) is 3.95. The van der Waals surface area contributed by atoms with Crippen LogP contribution < -0.4 is 15.5 Å². The predicted octanol–water partition coefficient (Wildman–Crippen LogP) is 3.40. The first-order chi connectivity index (χ1) is 20.0. The number of likely N-dealkylation sites (tertiary alicyclic amines) is 1. The fourth-order valence-electron chi connectivity index (χ4n) is 3.95. The zero-order chi connectivity index (χ0) is 32.2. The Balaban J connectivity index is 0.000000351. The molecule has 14 nitrogen and oxygen atoms in total. The number of urea groups is 1. The van der Waals surface area contributed by atoms with Gasteiger partial charge in [0.1, 0.15) is 17.7 Å². The summed E-state index contributed by atoms with van der Waals surface area (Å²) in [4.78, 5) is 55.2. The maximum atomic E-state index is 12.3. The molecule has 43 heavy (non-hydrogen) atoms. The standard InChI is InChI=1S/C20H31N5O3.C4H4N2O2.C2HF3O2/c1-20(2,3)28-19(27)25-13-9-16(14-25)23-18(26)22-15-7-11-24(12-8-15)17-6-4-5-10-21-17;7-4(8)6-2-1-5-3-6;3-2(4,5)1(6)7/h4-6,10,15-16H,7-9,11-14H2,1-3H3,(H2,22,23,26);1-3H,(H,7,8);(H,6,7)/t16-;;/m1../s1. The van der Waals surface area contributed by atoms with E-state index in [0.29, 0.717) is 13.1 Å². The number of aromatic nitrogens is 3. The van der Waals surface area contributed by atoms with Crippen molar-refractivity contribution >= 4 is 30.0 Å². The maximum absolute atomic E-state index is 12.3. The van der Waals surface area contributed by atoms with Crippen LogP contribution in [0, 0.1) is 0 Å². The number of hydrogen-bond donors (Lipinski definition) is 4. The van der Waals surface area contributed by atoms with E-state index < -0.39 is 23.8 Å². The van der Waals surface area contributed by atoms with Crippen molar-refractivity contribution in [2.75, 3.05) is 31.1 Å². The molecule has 4 heterocycles. The number of rotatable bonds is 3. The molecule has 4 rings (SSSR count). The second-order valence-corrected chi connectivity index (χ2v) is 10.5. The zero-order valence-electron chi connectivity index (χ0n) is 24.0.